The first-order chi connectivity index (χ1) is 12.2. The lowest BCUT2D eigenvalue weighted by Gasteiger charge is -2.19. The number of nitrogens with one attached hydrogen (secondary N) is 1. The topological polar surface area (TPSA) is 47.6 Å². The van der Waals surface area contributed by atoms with Crippen molar-refractivity contribution >= 4 is 29.5 Å². The summed E-state index contributed by atoms with van der Waals surface area (Å²) in [5.74, 6) is 0. The Kier molecular flexibility index (Phi) is 6.24. The summed E-state index contributed by atoms with van der Waals surface area (Å²) in [6, 6.07) is 13.8. The van der Waals surface area contributed by atoms with E-state index in [-0.39, 0.29) is 12.6 Å². The molecule has 0 spiro atoms. The Morgan fingerprint density at radius 3 is 2.92 bits per heavy atom. The van der Waals surface area contributed by atoms with Crippen LogP contribution in [0.25, 0.3) is 0 Å². The molecule has 1 aliphatic heterocycles. The Balaban J connectivity index is 1.80. The van der Waals surface area contributed by atoms with Gasteiger partial charge in [-0.15, -0.1) is 0 Å². The number of halogens is 1. The molecule has 132 valence electrons. The van der Waals surface area contributed by atoms with Gasteiger partial charge in [-0.2, -0.15) is 0 Å². The highest BCUT2D eigenvalue weighted by atomic mass is 35.5. The summed E-state index contributed by atoms with van der Waals surface area (Å²) in [6.07, 6.45) is 0.247. The van der Waals surface area contributed by atoms with Crippen molar-refractivity contribution in [3.8, 4) is 0 Å². The molecule has 2 aromatic carbocycles. The van der Waals surface area contributed by atoms with Crippen LogP contribution in [0.2, 0.25) is 5.02 Å². The molecule has 0 unspecified atom stereocenters. The molecule has 1 N–H and O–H groups in total. The van der Waals surface area contributed by atoms with Gasteiger partial charge in [-0.05, 0) is 48.7 Å². The average Bonchev–Trinajstić information content (AvgIpc) is 2.75. The van der Waals surface area contributed by atoms with Gasteiger partial charge >= 0.3 is 6.09 Å². The van der Waals surface area contributed by atoms with E-state index in [4.69, 9.17) is 21.1 Å². The number of amides is 1. The minimum Gasteiger partial charge on any atom is -0.447 e. The second-order valence-electron chi connectivity index (χ2n) is 5.63. The fourth-order valence-corrected chi connectivity index (χ4v) is 4.06. The van der Waals surface area contributed by atoms with Crippen molar-refractivity contribution < 1.29 is 14.3 Å². The van der Waals surface area contributed by atoms with Crippen molar-refractivity contribution in [2.24, 2.45) is 0 Å². The molecule has 6 heteroatoms. The van der Waals surface area contributed by atoms with E-state index >= 15 is 0 Å². The number of benzene rings is 2. The number of carbonyl (C=O) groups excluding carboxylic acids is 1. The zero-order chi connectivity index (χ0) is 17.6. The number of rotatable bonds is 5. The average molecular weight is 378 g/mol. The summed E-state index contributed by atoms with van der Waals surface area (Å²) in [4.78, 5) is 14.5. The number of hydrogen-bond acceptors (Lipinski definition) is 4. The van der Waals surface area contributed by atoms with E-state index in [1.54, 1.807) is 11.8 Å². The molecule has 0 saturated heterocycles. The third kappa shape index (κ3) is 4.69. The summed E-state index contributed by atoms with van der Waals surface area (Å²) >= 11 is 7.89. The molecule has 1 aliphatic rings. The zero-order valence-electron chi connectivity index (χ0n) is 14.0. The molecule has 1 atom stereocenters. The first kappa shape index (κ1) is 18.1. The Morgan fingerprint density at radius 1 is 1.24 bits per heavy atom. The van der Waals surface area contributed by atoms with Crippen LogP contribution >= 0.6 is 23.4 Å². The molecular weight excluding hydrogens is 358 g/mol. The molecule has 0 aliphatic carbocycles. The minimum atomic E-state index is -0.444. The van der Waals surface area contributed by atoms with E-state index in [2.05, 4.69) is 17.4 Å². The molecule has 2 aromatic rings. The van der Waals surface area contributed by atoms with Crippen LogP contribution in [0, 0.1) is 0 Å². The largest absolute Gasteiger partial charge is 0.447 e. The van der Waals surface area contributed by atoms with Crippen molar-refractivity contribution in [1.82, 2.24) is 5.32 Å². The summed E-state index contributed by atoms with van der Waals surface area (Å²) in [5, 5.41) is 3.63. The van der Waals surface area contributed by atoms with Gasteiger partial charge in [0.2, 0.25) is 0 Å². The van der Waals surface area contributed by atoms with Gasteiger partial charge in [0.05, 0.1) is 12.6 Å². The van der Waals surface area contributed by atoms with Gasteiger partial charge in [-0.3, -0.25) is 0 Å². The van der Waals surface area contributed by atoms with E-state index in [0.29, 0.717) is 24.7 Å². The summed E-state index contributed by atoms with van der Waals surface area (Å²) in [7, 11) is 0. The van der Waals surface area contributed by atoms with Crippen LogP contribution in [0.1, 0.15) is 24.1 Å². The fraction of sp³-hybridized carbons (Fsp3) is 0.316. The Morgan fingerprint density at radius 2 is 2.08 bits per heavy atom. The van der Waals surface area contributed by atoms with Gasteiger partial charge in [0.15, 0.2) is 0 Å². The number of fused-ring (bicyclic) bond motifs is 2. The van der Waals surface area contributed by atoms with Crippen LogP contribution in [0.3, 0.4) is 0 Å². The summed E-state index contributed by atoms with van der Waals surface area (Å²) in [5.41, 5.74) is 2.20. The number of carbonyl (C=O) groups is 1. The van der Waals surface area contributed by atoms with Crippen LogP contribution in [-0.4, -0.2) is 25.9 Å². The number of alkyl carbamates (subject to hydrolysis) is 1. The van der Waals surface area contributed by atoms with Crippen molar-refractivity contribution in [2.45, 2.75) is 29.2 Å². The third-order valence-electron chi connectivity index (χ3n) is 3.92. The summed E-state index contributed by atoms with van der Waals surface area (Å²) in [6.45, 7) is 3.14. The molecule has 0 bridgehead atoms. The van der Waals surface area contributed by atoms with E-state index in [9.17, 15) is 4.79 Å². The van der Waals surface area contributed by atoms with Crippen molar-refractivity contribution in [2.75, 3.05) is 19.8 Å². The van der Waals surface area contributed by atoms with Crippen molar-refractivity contribution in [3.63, 3.8) is 0 Å². The van der Waals surface area contributed by atoms with Gasteiger partial charge in [0.25, 0.3) is 0 Å². The molecule has 1 heterocycles. The molecule has 0 aromatic heterocycles. The van der Waals surface area contributed by atoms with E-state index < -0.39 is 6.09 Å². The first-order valence-corrected chi connectivity index (χ1v) is 9.43. The monoisotopic (exact) mass is 377 g/mol. The maximum atomic E-state index is 12.2. The lowest BCUT2D eigenvalue weighted by molar-refractivity contribution is 0.0773. The van der Waals surface area contributed by atoms with E-state index in [1.165, 1.54) is 10.5 Å². The van der Waals surface area contributed by atoms with Crippen molar-refractivity contribution in [1.29, 1.82) is 0 Å². The standard InChI is InChI=1S/C19H20ClNO3S/c1-2-23-9-10-24-19(22)21-16-11-13-5-3-4-6-17(13)25-18-8-7-14(20)12-15(16)18/h3-8,12,16H,2,9-11H2,1H3,(H,21,22)/t16-/m1/s1. The van der Waals surface area contributed by atoms with Gasteiger partial charge in [0.1, 0.15) is 6.61 Å². The SMILES string of the molecule is CCOCCOC(=O)N[C@@H]1Cc2ccccc2Sc2ccc(Cl)cc21. The molecule has 0 fully saturated rings. The molecule has 25 heavy (non-hydrogen) atoms. The minimum absolute atomic E-state index is 0.190. The van der Waals surface area contributed by atoms with E-state index in [0.717, 1.165) is 10.5 Å². The molecule has 0 radical (unpaired) electrons. The quantitative estimate of drug-likeness (QED) is 0.756. The van der Waals surface area contributed by atoms with Crippen LogP contribution in [0.4, 0.5) is 4.79 Å². The molecular formula is C19H20ClNO3S. The Hall–Kier alpha value is -1.69. The summed E-state index contributed by atoms with van der Waals surface area (Å²) < 4.78 is 10.4. The molecule has 0 saturated carbocycles. The maximum absolute atomic E-state index is 12.2. The Bertz CT molecular complexity index is 753. The second kappa shape index (κ2) is 8.61. The first-order valence-electron chi connectivity index (χ1n) is 8.23. The highest BCUT2D eigenvalue weighted by Crippen LogP contribution is 2.41. The van der Waals surface area contributed by atoms with Crippen molar-refractivity contribution in [3.05, 3.63) is 58.6 Å². The third-order valence-corrected chi connectivity index (χ3v) is 5.37. The lowest BCUT2D eigenvalue weighted by Crippen LogP contribution is -2.31. The van der Waals surface area contributed by atoms with Crippen LogP contribution in [-0.2, 0) is 15.9 Å². The second-order valence-corrected chi connectivity index (χ2v) is 7.15. The highest BCUT2D eigenvalue weighted by Gasteiger charge is 2.24. The highest BCUT2D eigenvalue weighted by molar-refractivity contribution is 7.99. The van der Waals surface area contributed by atoms with Gasteiger partial charge in [-0.25, -0.2) is 4.79 Å². The lowest BCUT2D eigenvalue weighted by atomic mass is 9.99. The van der Waals surface area contributed by atoms with Crippen LogP contribution in [0.5, 0.6) is 0 Å². The predicted octanol–water partition coefficient (Wildman–Crippen LogP) is 4.85. The predicted molar refractivity (Wildman–Crippen MR) is 99.4 cm³/mol. The maximum Gasteiger partial charge on any atom is 0.407 e. The van der Waals surface area contributed by atoms with Crippen LogP contribution < -0.4 is 5.32 Å². The van der Waals surface area contributed by atoms with Gasteiger partial charge in [-0.1, -0.05) is 41.6 Å². The normalized spacial score (nSPS) is 15.7. The fourth-order valence-electron chi connectivity index (χ4n) is 2.76. The Labute approximate surface area is 156 Å². The number of hydrogen-bond donors (Lipinski definition) is 1. The number of ether oxygens (including phenoxy) is 2. The van der Waals surface area contributed by atoms with E-state index in [1.807, 2.05) is 37.3 Å². The zero-order valence-corrected chi connectivity index (χ0v) is 15.5. The molecule has 3 rings (SSSR count). The van der Waals surface area contributed by atoms with Gasteiger partial charge in [0, 0.05) is 21.4 Å². The molecule has 1 amide bonds. The smallest absolute Gasteiger partial charge is 0.407 e. The van der Waals surface area contributed by atoms with Gasteiger partial charge < -0.3 is 14.8 Å². The van der Waals surface area contributed by atoms with Crippen LogP contribution in [0.15, 0.2) is 52.3 Å². The molecule has 4 nitrogen and oxygen atoms in total.